The Morgan fingerprint density at radius 2 is 2.04 bits per heavy atom. The van der Waals surface area contributed by atoms with Gasteiger partial charge in [-0.15, -0.1) is 0 Å². The molecule has 3 aliphatic rings. The number of piperazine rings is 1. The van der Waals surface area contributed by atoms with Gasteiger partial charge in [-0.2, -0.15) is 5.10 Å². The number of amides is 1. The quantitative estimate of drug-likeness (QED) is 0.922. The maximum Gasteiger partial charge on any atom is 0.228 e. The Bertz CT molecular complexity index is 561. The number of carbonyl (C=O) groups is 1. The fraction of sp³-hybridized carbons (Fsp3) is 0.765. The van der Waals surface area contributed by atoms with E-state index in [1.165, 1.54) is 18.5 Å². The van der Waals surface area contributed by atoms with Crippen LogP contribution in [0.2, 0.25) is 0 Å². The molecule has 4 rings (SSSR count). The van der Waals surface area contributed by atoms with Gasteiger partial charge in [-0.25, -0.2) is 0 Å². The summed E-state index contributed by atoms with van der Waals surface area (Å²) >= 11 is 0. The Balaban J connectivity index is 1.33. The Hall–Kier alpha value is -1.56. The lowest BCUT2D eigenvalue weighted by molar-refractivity contribution is -0.144. The van der Waals surface area contributed by atoms with Crippen LogP contribution in [0.4, 0.5) is 5.82 Å². The van der Waals surface area contributed by atoms with Crippen molar-refractivity contribution >= 4 is 11.7 Å². The molecule has 0 bridgehead atoms. The van der Waals surface area contributed by atoms with E-state index in [0.717, 1.165) is 51.4 Å². The molecule has 0 aromatic carbocycles. The van der Waals surface area contributed by atoms with Crippen molar-refractivity contribution in [2.24, 2.45) is 5.92 Å². The van der Waals surface area contributed by atoms with Gasteiger partial charge in [0.25, 0.3) is 0 Å². The molecule has 1 aromatic rings. The van der Waals surface area contributed by atoms with Gasteiger partial charge in [0, 0.05) is 50.5 Å². The highest BCUT2D eigenvalue weighted by Gasteiger charge is 2.34. The van der Waals surface area contributed by atoms with Crippen molar-refractivity contribution in [3.63, 3.8) is 0 Å². The van der Waals surface area contributed by atoms with E-state index < -0.39 is 0 Å². The van der Waals surface area contributed by atoms with E-state index >= 15 is 0 Å². The number of anilines is 1. The third-order valence-corrected chi connectivity index (χ3v) is 5.44. The Kier molecular flexibility index (Phi) is 4.01. The molecule has 6 nitrogen and oxygen atoms in total. The van der Waals surface area contributed by atoms with E-state index in [-0.39, 0.29) is 17.9 Å². The van der Waals surface area contributed by atoms with Crippen LogP contribution in [-0.2, 0) is 9.53 Å². The van der Waals surface area contributed by atoms with E-state index in [1.807, 2.05) is 11.8 Å². The summed E-state index contributed by atoms with van der Waals surface area (Å²) < 4.78 is 5.65. The minimum atomic E-state index is 0.0437. The number of aromatic nitrogens is 2. The van der Waals surface area contributed by atoms with Crippen LogP contribution in [-0.4, -0.2) is 59.9 Å². The van der Waals surface area contributed by atoms with Crippen LogP contribution in [0.5, 0.6) is 0 Å². The van der Waals surface area contributed by atoms with Crippen LogP contribution < -0.4 is 4.90 Å². The van der Waals surface area contributed by atoms with Crippen LogP contribution in [0.3, 0.4) is 0 Å². The molecule has 3 heterocycles. The monoisotopic (exact) mass is 318 g/mol. The fourth-order valence-corrected chi connectivity index (χ4v) is 3.73. The first-order valence-electron chi connectivity index (χ1n) is 8.93. The number of nitrogens with one attached hydrogen (secondary N) is 1. The van der Waals surface area contributed by atoms with Gasteiger partial charge < -0.3 is 14.5 Å². The molecule has 1 saturated carbocycles. The number of ether oxygens (including phenoxy) is 1. The molecule has 23 heavy (non-hydrogen) atoms. The Morgan fingerprint density at radius 1 is 1.26 bits per heavy atom. The van der Waals surface area contributed by atoms with E-state index in [2.05, 4.69) is 21.2 Å². The maximum atomic E-state index is 12.7. The summed E-state index contributed by atoms with van der Waals surface area (Å²) in [4.78, 5) is 17.0. The van der Waals surface area contributed by atoms with Gasteiger partial charge in [-0.1, -0.05) is 0 Å². The predicted molar refractivity (Wildman–Crippen MR) is 87.5 cm³/mol. The highest BCUT2D eigenvalue weighted by atomic mass is 16.5. The summed E-state index contributed by atoms with van der Waals surface area (Å²) in [7, 11) is 0. The van der Waals surface area contributed by atoms with Crippen molar-refractivity contribution in [1.82, 2.24) is 15.1 Å². The summed E-state index contributed by atoms with van der Waals surface area (Å²) in [5.41, 5.74) is 1.27. The van der Waals surface area contributed by atoms with Gasteiger partial charge in [0.15, 0.2) is 5.82 Å². The molecule has 1 aliphatic carbocycles. The number of hydrogen-bond acceptors (Lipinski definition) is 4. The van der Waals surface area contributed by atoms with E-state index in [4.69, 9.17) is 4.74 Å². The molecular weight excluding hydrogens is 292 g/mol. The molecule has 0 spiro atoms. The number of aromatic amines is 1. The van der Waals surface area contributed by atoms with Crippen molar-refractivity contribution < 1.29 is 9.53 Å². The van der Waals surface area contributed by atoms with Gasteiger partial charge in [0.05, 0.1) is 12.0 Å². The molecule has 2 unspecified atom stereocenters. The molecular formula is C17H26N4O2. The SMILES string of the molecule is CC1OCCCC1C(=O)N1CCN(c2cc(C3CC3)[nH]n2)CC1. The topological polar surface area (TPSA) is 61.5 Å². The van der Waals surface area contributed by atoms with E-state index in [9.17, 15) is 4.79 Å². The largest absolute Gasteiger partial charge is 0.378 e. The Labute approximate surface area is 137 Å². The van der Waals surface area contributed by atoms with Crippen molar-refractivity contribution in [2.45, 2.75) is 44.6 Å². The molecule has 1 aromatic heterocycles. The van der Waals surface area contributed by atoms with Gasteiger partial charge in [0.1, 0.15) is 0 Å². The lowest BCUT2D eigenvalue weighted by Gasteiger charge is -2.38. The zero-order chi connectivity index (χ0) is 15.8. The molecule has 2 aliphatic heterocycles. The molecule has 6 heteroatoms. The second-order valence-electron chi connectivity index (χ2n) is 7.09. The molecule has 126 valence electrons. The first-order chi connectivity index (χ1) is 11.2. The molecule has 2 atom stereocenters. The number of rotatable bonds is 3. The fourth-order valence-electron chi connectivity index (χ4n) is 3.73. The van der Waals surface area contributed by atoms with Gasteiger partial charge in [0.2, 0.25) is 5.91 Å². The van der Waals surface area contributed by atoms with Gasteiger partial charge >= 0.3 is 0 Å². The van der Waals surface area contributed by atoms with Crippen molar-refractivity contribution in [3.05, 3.63) is 11.8 Å². The molecule has 0 radical (unpaired) electrons. The van der Waals surface area contributed by atoms with Crippen LogP contribution in [0, 0.1) is 5.92 Å². The number of nitrogens with zero attached hydrogens (tertiary/aromatic N) is 3. The molecule has 3 fully saturated rings. The standard InChI is InChI=1S/C17H26N4O2/c1-12-14(3-2-10-23-12)17(22)21-8-6-20(7-9-21)16-11-15(18-19-16)13-4-5-13/h11-14H,2-10H2,1H3,(H,18,19). The van der Waals surface area contributed by atoms with Crippen LogP contribution in [0.15, 0.2) is 6.07 Å². The predicted octanol–water partition coefficient (Wildman–Crippen LogP) is 1.75. The second kappa shape index (κ2) is 6.15. The summed E-state index contributed by atoms with van der Waals surface area (Å²) in [6.07, 6.45) is 4.58. The Morgan fingerprint density at radius 3 is 2.74 bits per heavy atom. The summed E-state index contributed by atoms with van der Waals surface area (Å²) in [5, 5.41) is 7.62. The molecule has 1 N–H and O–H groups in total. The normalized spacial score (nSPS) is 28.9. The van der Waals surface area contributed by atoms with Crippen LogP contribution in [0.25, 0.3) is 0 Å². The minimum Gasteiger partial charge on any atom is -0.378 e. The highest BCUT2D eigenvalue weighted by Crippen LogP contribution is 2.39. The zero-order valence-corrected chi connectivity index (χ0v) is 13.8. The zero-order valence-electron chi connectivity index (χ0n) is 13.8. The number of H-pyrrole nitrogens is 1. The summed E-state index contributed by atoms with van der Waals surface area (Å²) in [5.74, 6) is 2.06. The van der Waals surface area contributed by atoms with Crippen LogP contribution in [0.1, 0.15) is 44.2 Å². The lowest BCUT2D eigenvalue weighted by atomic mass is 9.93. The third kappa shape index (κ3) is 3.09. The van der Waals surface area contributed by atoms with E-state index in [0.29, 0.717) is 5.92 Å². The second-order valence-corrected chi connectivity index (χ2v) is 7.09. The van der Waals surface area contributed by atoms with Gasteiger partial charge in [-0.05, 0) is 32.6 Å². The smallest absolute Gasteiger partial charge is 0.228 e. The van der Waals surface area contributed by atoms with Crippen molar-refractivity contribution in [3.8, 4) is 0 Å². The molecule has 1 amide bonds. The van der Waals surface area contributed by atoms with Crippen LogP contribution >= 0.6 is 0 Å². The highest BCUT2D eigenvalue weighted by molar-refractivity contribution is 5.79. The average Bonchev–Trinajstić information content (AvgIpc) is 3.32. The third-order valence-electron chi connectivity index (χ3n) is 5.44. The average molecular weight is 318 g/mol. The number of carbonyl (C=O) groups excluding carboxylic acids is 1. The van der Waals surface area contributed by atoms with Crippen molar-refractivity contribution in [1.29, 1.82) is 0 Å². The first-order valence-corrected chi connectivity index (χ1v) is 8.93. The summed E-state index contributed by atoms with van der Waals surface area (Å²) in [6.45, 7) is 6.12. The minimum absolute atomic E-state index is 0.0437. The van der Waals surface area contributed by atoms with Crippen molar-refractivity contribution in [2.75, 3.05) is 37.7 Å². The summed E-state index contributed by atoms with van der Waals surface area (Å²) in [6, 6.07) is 2.19. The maximum absolute atomic E-state index is 12.7. The first kappa shape index (κ1) is 15.0. The van der Waals surface area contributed by atoms with Gasteiger partial charge in [-0.3, -0.25) is 9.89 Å². The number of hydrogen-bond donors (Lipinski definition) is 1. The van der Waals surface area contributed by atoms with E-state index in [1.54, 1.807) is 0 Å². The lowest BCUT2D eigenvalue weighted by Crippen LogP contribution is -2.52. The molecule has 2 saturated heterocycles.